The van der Waals surface area contributed by atoms with Crippen LogP contribution in [-0.2, 0) is 26.2 Å². The zero-order valence-electron chi connectivity index (χ0n) is 15.3. The summed E-state index contributed by atoms with van der Waals surface area (Å²) in [4.78, 5) is 0. The molecule has 0 amide bonds. The first-order chi connectivity index (χ1) is 8.84. The van der Waals surface area contributed by atoms with Gasteiger partial charge in [-0.3, -0.25) is 0 Å². The number of hydrogen-bond donors (Lipinski definition) is 1. The number of aliphatic hydroxyl groups is 1. The van der Waals surface area contributed by atoms with Crippen molar-refractivity contribution in [3.05, 3.63) is 0 Å². The summed E-state index contributed by atoms with van der Waals surface area (Å²) in [5, 5.41) is 46.0. The van der Waals surface area contributed by atoms with Gasteiger partial charge in [0.1, 0.15) is 0 Å². The Morgan fingerprint density at radius 2 is 0.667 bits per heavy atom. The van der Waals surface area contributed by atoms with E-state index >= 15 is 0 Å². The third-order valence-corrected chi connectivity index (χ3v) is 0.224. The van der Waals surface area contributed by atoms with Gasteiger partial charge in [-0.2, -0.15) is 0 Å². The zero-order chi connectivity index (χ0) is 17.7. The normalized spacial score (nSPS) is 8.29. The Hall–Kier alpha value is 0.683. The van der Waals surface area contributed by atoms with Crippen LogP contribution < -0.4 is 20.4 Å². The van der Waals surface area contributed by atoms with Crippen molar-refractivity contribution in [2.24, 2.45) is 0 Å². The molecule has 0 spiro atoms. The van der Waals surface area contributed by atoms with Gasteiger partial charge < -0.3 is 25.5 Å². The van der Waals surface area contributed by atoms with Crippen LogP contribution >= 0.6 is 0 Å². The summed E-state index contributed by atoms with van der Waals surface area (Å²) in [6.07, 6.45) is -0.792. The molecule has 0 unspecified atom stereocenters. The monoisotopic (exact) mass is 386 g/mol. The second-order valence-corrected chi connectivity index (χ2v) is 4.92. The topological polar surface area (TPSA) is 112 Å². The molecule has 0 saturated heterocycles. The summed E-state index contributed by atoms with van der Waals surface area (Å²) in [6.45, 7) is 15.1. The molecule has 0 aromatic rings. The second kappa shape index (κ2) is 37.2. The van der Waals surface area contributed by atoms with Crippen molar-refractivity contribution in [3.63, 3.8) is 0 Å². The third kappa shape index (κ3) is 2550. The summed E-state index contributed by atoms with van der Waals surface area (Å²) in [6, 6.07) is 0. The molecular weight excluding hydrogens is 351 g/mol. The second-order valence-electron chi connectivity index (χ2n) is 4.92. The fourth-order valence-electron chi connectivity index (χ4n) is 0. The number of rotatable bonds is 1. The third-order valence-electron chi connectivity index (χ3n) is 0.224. The SMILES string of the molecule is CC(C)[O-].CC(C)[O-].CC(C)[O-].CC(C)[O-].CCCO.[Zr+4]. The van der Waals surface area contributed by atoms with Crippen LogP contribution in [0.1, 0.15) is 68.7 Å². The summed E-state index contributed by atoms with van der Waals surface area (Å²) < 4.78 is 0. The Balaban J connectivity index is -0.0000000331. The van der Waals surface area contributed by atoms with E-state index in [1.165, 1.54) is 0 Å². The molecule has 6 heteroatoms. The van der Waals surface area contributed by atoms with Crippen molar-refractivity contribution < 1.29 is 51.7 Å². The van der Waals surface area contributed by atoms with Crippen LogP contribution in [0.5, 0.6) is 0 Å². The molecule has 0 aromatic carbocycles. The van der Waals surface area contributed by atoms with Gasteiger partial charge in [0.05, 0.1) is 0 Å². The molecule has 0 heterocycles. The Bertz CT molecular complexity index is 83.6. The van der Waals surface area contributed by atoms with Crippen molar-refractivity contribution in [2.45, 2.75) is 93.2 Å². The van der Waals surface area contributed by atoms with Crippen molar-refractivity contribution in [3.8, 4) is 0 Å². The standard InChI is InChI=1S/4C3H7O.C3H8O.Zr/c4*1-3(2)4;1-2-3-4;/h4*3H,1-2H3;4H,2-3H2,1H3;/q4*-1;;+4. The van der Waals surface area contributed by atoms with Crippen LogP contribution in [0.15, 0.2) is 0 Å². The number of hydrogen-bond acceptors (Lipinski definition) is 5. The Labute approximate surface area is 151 Å². The van der Waals surface area contributed by atoms with E-state index in [1.54, 1.807) is 55.4 Å². The van der Waals surface area contributed by atoms with Gasteiger partial charge in [0.25, 0.3) is 0 Å². The molecule has 0 atom stereocenters. The minimum atomic E-state index is -0.417. The summed E-state index contributed by atoms with van der Waals surface area (Å²) in [5.74, 6) is 0. The molecule has 0 rings (SSSR count). The fraction of sp³-hybridized carbons (Fsp3) is 1.00. The molecule has 5 nitrogen and oxygen atoms in total. The largest absolute Gasteiger partial charge is 4.00 e. The van der Waals surface area contributed by atoms with E-state index in [9.17, 15) is 20.4 Å². The average molecular weight is 388 g/mol. The van der Waals surface area contributed by atoms with Crippen molar-refractivity contribution in [1.29, 1.82) is 0 Å². The molecular formula is C15H36O5Zr. The van der Waals surface area contributed by atoms with Crippen molar-refractivity contribution in [1.82, 2.24) is 0 Å². The minimum Gasteiger partial charge on any atom is -0.852 e. The fourth-order valence-corrected chi connectivity index (χ4v) is 0. The Morgan fingerprint density at radius 1 is 0.619 bits per heavy atom. The zero-order valence-corrected chi connectivity index (χ0v) is 17.8. The molecule has 21 heavy (non-hydrogen) atoms. The minimum absolute atomic E-state index is 0. The van der Waals surface area contributed by atoms with Crippen LogP contribution in [0.2, 0.25) is 0 Å². The molecule has 0 bridgehead atoms. The van der Waals surface area contributed by atoms with Gasteiger partial charge in [0.2, 0.25) is 0 Å². The molecule has 0 aliphatic rings. The number of aliphatic hydroxyl groups excluding tert-OH is 1. The van der Waals surface area contributed by atoms with Gasteiger partial charge in [-0.15, -0.1) is 24.4 Å². The molecule has 0 radical (unpaired) electrons. The van der Waals surface area contributed by atoms with Crippen LogP contribution in [-0.4, -0.2) is 36.1 Å². The van der Waals surface area contributed by atoms with Crippen molar-refractivity contribution >= 4 is 0 Å². The maximum Gasteiger partial charge on any atom is 4.00 e. The van der Waals surface area contributed by atoms with E-state index in [4.69, 9.17) is 5.11 Å². The predicted octanol–water partition coefficient (Wildman–Crippen LogP) is -0.593. The quantitative estimate of drug-likeness (QED) is 0.646. The van der Waals surface area contributed by atoms with Crippen LogP contribution in [0, 0.1) is 0 Å². The van der Waals surface area contributed by atoms with Gasteiger partial charge in [-0.25, -0.2) is 0 Å². The first-order valence-corrected chi connectivity index (χ1v) is 7.08. The summed E-state index contributed by atoms with van der Waals surface area (Å²) >= 11 is 0. The smallest absolute Gasteiger partial charge is 0.852 e. The van der Waals surface area contributed by atoms with Gasteiger partial charge >= 0.3 is 26.2 Å². The predicted molar refractivity (Wildman–Crippen MR) is 77.9 cm³/mol. The van der Waals surface area contributed by atoms with E-state index < -0.39 is 24.4 Å². The molecule has 0 aromatic heterocycles. The molecule has 0 aliphatic carbocycles. The maximum atomic E-state index is 9.53. The molecule has 0 aliphatic heterocycles. The molecule has 0 fully saturated rings. The van der Waals surface area contributed by atoms with Crippen LogP contribution in [0.4, 0.5) is 0 Å². The van der Waals surface area contributed by atoms with E-state index in [0.29, 0.717) is 6.61 Å². The Morgan fingerprint density at radius 3 is 0.667 bits per heavy atom. The first kappa shape index (κ1) is 37.7. The van der Waals surface area contributed by atoms with E-state index in [2.05, 4.69) is 0 Å². The maximum absolute atomic E-state index is 9.53. The first-order valence-electron chi connectivity index (χ1n) is 7.08. The van der Waals surface area contributed by atoms with Crippen molar-refractivity contribution in [2.75, 3.05) is 6.61 Å². The van der Waals surface area contributed by atoms with Gasteiger partial charge in [-0.1, -0.05) is 62.3 Å². The Kier molecular flexibility index (Phi) is 66.7. The molecule has 130 valence electrons. The van der Waals surface area contributed by atoms with E-state index in [1.807, 2.05) is 6.92 Å². The van der Waals surface area contributed by atoms with Gasteiger partial charge in [0.15, 0.2) is 0 Å². The molecule has 0 saturated carbocycles. The summed E-state index contributed by atoms with van der Waals surface area (Å²) in [7, 11) is 0. The van der Waals surface area contributed by atoms with Gasteiger partial charge in [0, 0.05) is 6.61 Å². The molecule has 1 N–H and O–H groups in total. The van der Waals surface area contributed by atoms with Crippen LogP contribution in [0.3, 0.4) is 0 Å². The van der Waals surface area contributed by atoms with E-state index in [-0.39, 0.29) is 26.2 Å². The van der Waals surface area contributed by atoms with Crippen LogP contribution in [0.25, 0.3) is 0 Å². The average Bonchev–Trinajstić information content (AvgIpc) is 2.13. The van der Waals surface area contributed by atoms with E-state index in [0.717, 1.165) is 6.42 Å². The summed E-state index contributed by atoms with van der Waals surface area (Å²) in [5.41, 5.74) is 0. The van der Waals surface area contributed by atoms with Gasteiger partial charge in [-0.05, 0) is 6.42 Å².